The van der Waals surface area contributed by atoms with Crippen molar-refractivity contribution in [3.05, 3.63) is 30.1 Å². The SMILES string of the molecule is CC(C)C(CNC(=O)CSc1ccc(F)cc1)N1CCOCC1. The number of halogens is 1. The van der Waals surface area contributed by atoms with Crippen molar-refractivity contribution >= 4 is 17.7 Å². The highest BCUT2D eigenvalue weighted by atomic mass is 32.2. The molecule has 0 radical (unpaired) electrons. The standard InChI is InChI=1S/C17H25FN2O2S/c1-13(2)16(20-7-9-22-10-8-20)11-19-17(21)12-23-15-5-3-14(18)4-6-15/h3-6,13,16H,7-12H2,1-2H3,(H,19,21). The molecule has 1 aliphatic heterocycles. The highest BCUT2D eigenvalue weighted by Crippen LogP contribution is 2.18. The number of rotatable bonds is 7. The van der Waals surface area contributed by atoms with Crippen molar-refractivity contribution in [3.63, 3.8) is 0 Å². The number of amides is 1. The normalized spacial score (nSPS) is 17.2. The third kappa shape index (κ3) is 6.12. The fourth-order valence-electron chi connectivity index (χ4n) is 2.64. The summed E-state index contributed by atoms with van der Waals surface area (Å²) in [5.41, 5.74) is 0. The van der Waals surface area contributed by atoms with E-state index in [0.717, 1.165) is 31.2 Å². The average Bonchev–Trinajstić information content (AvgIpc) is 2.55. The summed E-state index contributed by atoms with van der Waals surface area (Å²) in [5, 5.41) is 3.03. The smallest absolute Gasteiger partial charge is 0.230 e. The number of benzene rings is 1. The van der Waals surface area contributed by atoms with Gasteiger partial charge in [-0.3, -0.25) is 9.69 Å². The molecular weight excluding hydrogens is 315 g/mol. The van der Waals surface area contributed by atoms with Crippen LogP contribution in [0.15, 0.2) is 29.2 Å². The molecular formula is C17H25FN2O2S. The lowest BCUT2D eigenvalue weighted by Gasteiger charge is -2.36. The van der Waals surface area contributed by atoms with Crippen molar-refractivity contribution < 1.29 is 13.9 Å². The quantitative estimate of drug-likeness (QED) is 0.774. The molecule has 1 unspecified atom stereocenters. The van der Waals surface area contributed by atoms with Gasteiger partial charge in [-0.1, -0.05) is 13.8 Å². The zero-order valence-electron chi connectivity index (χ0n) is 13.8. The van der Waals surface area contributed by atoms with E-state index in [1.165, 1.54) is 23.9 Å². The third-order valence-electron chi connectivity index (χ3n) is 3.98. The molecule has 0 aliphatic carbocycles. The molecule has 1 heterocycles. The molecule has 1 amide bonds. The lowest BCUT2D eigenvalue weighted by atomic mass is 10.0. The monoisotopic (exact) mass is 340 g/mol. The number of carbonyl (C=O) groups is 1. The highest BCUT2D eigenvalue weighted by Gasteiger charge is 2.24. The molecule has 0 saturated carbocycles. The summed E-state index contributed by atoms with van der Waals surface area (Å²) in [6.07, 6.45) is 0. The molecule has 1 aromatic rings. The Hall–Kier alpha value is -1.11. The summed E-state index contributed by atoms with van der Waals surface area (Å²) in [6, 6.07) is 6.54. The first-order valence-electron chi connectivity index (χ1n) is 8.03. The number of hydrogen-bond donors (Lipinski definition) is 1. The van der Waals surface area contributed by atoms with Gasteiger partial charge in [-0.05, 0) is 30.2 Å². The largest absolute Gasteiger partial charge is 0.379 e. The first kappa shape index (κ1) is 18.2. The maximum atomic E-state index is 12.8. The first-order chi connectivity index (χ1) is 11.1. The van der Waals surface area contributed by atoms with Crippen molar-refractivity contribution in [3.8, 4) is 0 Å². The van der Waals surface area contributed by atoms with E-state index in [1.54, 1.807) is 12.1 Å². The Balaban J connectivity index is 1.75. The van der Waals surface area contributed by atoms with Gasteiger partial charge >= 0.3 is 0 Å². The van der Waals surface area contributed by atoms with Gasteiger partial charge in [0.25, 0.3) is 0 Å². The number of nitrogens with zero attached hydrogens (tertiary/aromatic N) is 1. The Labute approximate surface area is 141 Å². The molecule has 1 aromatic carbocycles. The fourth-order valence-corrected chi connectivity index (χ4v) is 3.37. The molecule has 1 saturated heterocycles. The van der Waals surface area contributed by atoms with Crippen LogP contribution in [0.1, 0.15) is 13.8 Å². The predicted octanol–water partition coefficient (Wildman–Crippen LogP) is 2.39. The maximum absolute atomic E-state index is 12.8. The van der Waals surface area contributed by atoms with Gasteiger partial charge < -0.3 is 10.1 Å². The minimum Gasteiger partial charge on any atom is -0.379 e. The van der Waals surface area contributed by atoms with E-state index in [-0.39, 0.29) is 11.7 Å². The molecule has 0 bridgehead atoms. The van der Waals surface area contributed by atoms with Crippen LogP contribution in [-0.2, 0) is 9.53 Å². The van der Waals surface area contributed by atoms with Crippen LogP contribution in [0.25, 0.3) is 0 Å². The van der Waals surface area contributed by atoms with Crippen LogP contribution in [0.3, 0.4) is 0 Å². The van der Waals surface area contributed by atoms with E-state index in [1.807, 2.05) is 0 Å². The van der Waals surface area contributed by atoms with Crippen molar-refractivity contribution in [1.82, 2.24) is 10.2 Å². The van der Waals surface area contributed by atoms with Crippen LogP contribution in [0.5, 0.6) is 0 Å². The van der Waals surface area contributed by atoms with Crippen LogP contribution in [0.2, 0.25) is 0 Å². The van der Waals surface area contributed by atoms with Crippen LogP contribution >= 0.6 is 11.8 Å². The zero-order valence-corrected chi connectivity index (χ0v) is 14.6. The number of ether oxygens (including phenoxy) is 1. The van der Waals surface area contributed by atoms with Gasteiger partial charge in [-0.15, -0.1) is 11.8 Å². The Morgan fingerprint density at radius 2 is 1.96 bits per heavy atom. The lowest BCUT2D eigenvalue weighted by Crippen LogP contribution is -2.51. The fraction of sp³-hybridized carbons (Fsp3) is 0.588. The van der Waals surface area contributed by atoms with Crippen molar-refractivity contribution in [1.29, 1.82) is 0 Å². The Morgan fingerprint density at radius 1 is 1.30 bits per heavy atom. The van der Waals surface area contributed by atoms with Gasteiger partial charge in [0.2, 0.25) is 5.91 Å². The van der Waals surface area contributed by atoms with Gasteiger partial charge in [0.15, 0.2) is 0 Å². The van der Waals surface area contributed by atoms with E-state index >= 15 is 0 Å². The van der Waals surface area contributed by atoms with E-state index in [4.69, 9.17) is 4.74 Å². The number of morpholine rings is 1. The predicted molar refractivity (Wildman–Crippen MR) is 91.2 cm³/mol. The summed E-state index contributed by atoms with van der Waals surface area (Å²) in [7, 11) is 0. The van der Waals surface area contributed by atoms with Crippen LogP contribution in [0, 0.1) is 11.7 Å². The summed E-state index contributed by atoms with van der Waals surface area (Å²) in [5.74, 6) is 0.569. The molecule has 1 N–H and O–H groups in total. The first-order valence-corrected chi connectivity index (χ1v) is 9.01. The molecule has 1 fully saturated rings. The summed E-state index contributed by atoms with van der Waals surface area (Å²) in [6.45, 7) is 8.38. The van der Waals surface area contributed by atoms with Gasteiger partial charge in [0.1, 0.15) is 5.82 Å². The second-order valence-corrected chi connectivity index (χ2v) is 7.06. The van der Waals surface area contributed by atoms with Crippen LogP contribution in [-0.4, -0.2) is 55.4 Å². The van der Waals surface area contributed by atoms with E-state index < -0.39 is 0 Å². The van der Waals surface area contributed by atoms with Gasteiger partial charge in [-0.25, -0.2) is 4.39 Å². The Morgan fingerprint density at radius 3 is 2.57 bits per heavy atom. The second-order valence-electron chi connectivity index (χ2n) is 6.01. The van der Waals surface area contributed by atoms with Crippen LogP contribution < -0.4 is 5.32 Å². The second kappa shape index (κ2) is 9.25. The highest BCUT2D eigenvalue weighted by molar-refractivity contribution is 8.00. The molecule has 1 atom stereocenters. The average molecular weight is 340 g/mol. The minimum absolute atomic E-state index is 0.0123. The maximum Gasteiger partial charge on any atom is 0.230 e. The number of hydrogen-bond acceptors (Lipinski definition) is 4. The van der Waals surface area contributed by atoms with Crippen molar-refractivity contribution in [2.75, 3.05) is 38.6 Å². The van der Waals surface area contributed by atoms with E-state index in [2.05, 4.69) is 24.1 Å². The topological polar surface area (TPSA) is 41.6 Å². The van der Waals surface area contributed by atoms with Gasteiger partial charge in [0.05, 0.1) is 19.0 Å². The summed E-state index contributed by atoms with van der Waals surface area (Å²) < 4.78 is 18.2. The Kier molecular flexibility index (Phi) is 7.33. The zero-order chi connectivity index (χ0) is 16.7. The van der Waals surface area contributed by atoms with Gasteiger partial charge in [0, 0.05) is 30.6 Å². The van der Waals surface area contributed by atoms with E-state index in [9.17, 15) is 9.18 Å². The molecule has 0 aromatic heterocycles. The summed E-state index contributed by atoms with van der Waals surface area (Å²) >= 11 is 1.42. The molecule has 23 heavy (non-hydrogen) atoms. The molecule has 2 rings (SSSR count). The molecule has 6 heteroatoms. The van der Waals surface area contributed by atoms with Crippen molar-refractivity contribution in [2.24, 2.45) is 5.92 Å². The molecule has 0 spiro atoms. The number of nitrogens with one attached hydrogen (secondary N) is 1. The van der Waals surface area contributed by atoms with Gasteiger partial charge in [-0.2, -0.15) is 0 Å². The molecule has 128 valence electrons. The molecule has 1 aliphatic rings. The summed E-state index contributed by atoms with van der Waals surface area (Å²) in [4.78, 5) is 15.3. The number of thioether (sulfide) groups is 1. The number of carbonyl (C=O) groups excluding carboxylic acids is 1. The Bertz CT molecular complexity index is 490. The van der Waals surface area contributed by atoms with Crippen LogP contribution in [0.4, 0.5) is 4.39 Å². The van der Waals surface area contributed by atoms with E-state index in [0.29, 0.717) is 24.3 Å². The molecule has 4 nitrogen and oxygen atoms in total. The third-order valence-corrected chi connectivity index (χ3v) is 4.99. The minimum atomic E-state index is -0.260. The lowest BCUT2D eigenvalue weighted by molar-refractivity contribution is -0.119. The van der Waals surface area contributed by atoms with Crippen molar-refractivity contribution in [2.45, 2.75) is 24.8 Å².